The van der Waals surface area contributed by atoms with Crippen molar-refractivity contribution in [3.8, 4) is 5.75 Å². The molecule has 21 heavy (non-hydrogen) atoms. The molecule has 2 aliphatic rings. The predicted octanol–water partition coefficient (Wildman–Crippen LogP) is 2.48. The average Bonchev–Trinajstić information content (AvgIpc) is 3.22. The average molecular weight is 288 g/mol. The van der Waals surface area contributed by atoms with Crippen LogP contribution in [0.4, 0.5) is 0 Å². The van der Waals surface area contributed by atoms with Crippen molar-refractivity contribution in [1.29, 1.82) is 0 Å². The lowest BCUT2D eigenvalue weighted by Crippen LogP contribution is -2.41. The first-order chi connectivity index (χ1) is 10.3. The van der Waals surface area contributed by atoms with E-state index < -0.39 is 0 Å². The van der Waals surface area contributed by atoms with Crippen molar-refractivity contribution >= 4 is 5.91 Å². The van der Waals surface area contributed by atoms with Gasteiger partial charge in [0.15, 0.2) is 0 Å². The molecular weight excluding hydrogens is 264 g/mol. The zero-order chi connectivity index (χ0) is 14.7. The number of hydrogen-bond acceptors (Lipinski definition) is 3. The number of ether oxygens (including phenoxy) is 1. The Morgan fingerprint density at radius 2 is 2.05 bits per heavy atom. The Bertz CT molecular complexity index is 493. The van der Waals surface area contributed by atoms with E-state index in [0.29, 0.717) is 24.1 Å². The van der Waals surface area contributed by atoms with Crippen LogP contribution in [0.5, 0.6) is 5.75 Å². The van der Waals surface area contributed by atoms with E-state index >= 15 is 0 Å². The van der Waals surface area contributed by atoms with Crippen LogP contribution in [0.2, 0.25) is 0 Å². The Balaban J connectivity index is 1.62. The van der Waals surface area contributed by atoms with Gasteiger partial charge < -0.3 is 15.8 Å². The summed E-state index contributed by atoms with van der Waals surface area (Å²) in [7, 11) is 0. The zero-order valence-electron chi connectivity index (χ0n) is 12.4. The lowest BCUT2D eigenvalue weighted by atomic mass is 10.1. The summed E-state index contributed by atoms with van der Waals surface area (Å²) in [6.07, 6.45) is 7.38. The van der Waals surface area contributed by atoms with E-state index in [1.807, 2.05) is 24.3 Å². The van der Waals surface area contributed by atoms with Crippen LogP contribution in [0, 0.1) is 5.92 Å². The maximum atomic E-state index is 12.3. The molecule has 0 aliphatic heterocycles. The third kappa shape index (κ3) is 3.76. The minimum Gasteiger partial charge on any atom is -0.490 e. The smallest absolute Gasteiger partial charge is 0.251 e. The minimum absolute atomic E-state index is 0.0470. The van der Waals surface area contributed by atoms with Crippen LogP contribution in [0.3, 0.4) is 0 Å². The van der Waals surface area contributed by atoms with Gasteiger partial charge in [0.1, 0.15) is 5.75 Å². The summed E-state index contributed by atoms with van der Waals surface area (Å²) in [5, 5.41) is 3.05. The molecule has 3 rings (SSSR count). The highest BCUT2D eigenvalue weighted by atomic mass is 16.5. The van der Waals surface area contributed by atoms with Gasteiger partial charge in [0, 0.05) is 18.2 Å². The highest BCUT2D eigenvalue weighted by molar-refractivity contribution is 5.94. The number of hydrogen-bond donors (Lipinski definition) is 2. The number of amides is 1. The number of nitrogens with one attached hydrogen (secondary N) is 1. The third-order valence-electron chi connectivity index (χ3n) is 4.46. The SMILES string of the molecule is NCC(NC(=O)c1cccc(OC2CCCC2)c1)C1CC1. The van der Waals surface area contributed by atoms with E-state index in [-0.39, 0.29) is 11.9 Å². The molecule has 3 N–H and O–H groups in total. The molecule has 2 saturated carbocycles. The molecule has 1 unspecified atom stereocenters. The molecule has 1 aromatic carbocycles. The maximum absolute atomic E-state index is 12.3. The fourth-order valence-electron chi connectivity index (χ4n) is 3.03. The first-order valence-electron chi connectivity index (χ1n) is 8.04. The van der Waals surface area contributed by atoms with Crippen molar-refractivity contribution in [3.63, 3.8) is 0 Å². The molecule has 0 radical (unpaired) electrons. The van der Waals surface area contributed by atoms with Gasteiger partial charge in [-0.25, -0.2) is 0 Å². The topological polar surface area (TPSA) is 64.3 Å². The zero-order valence-corrected chi connectivity index (χ0v) is 12.4. The van der Waals surface area contributed by atoms with Crippen LogP contribution < -0.4 is 15.8 Å². The van der Waals surface area contributed by atoms with Gasteiger partial charge in [0.2, 0.25) is 0 Å². The van der Waals surface area contributed by atoms with E-state index in [0.717, 1.165) is 18.6 Å². The van der Waals surface area contributed by atoms with E-state index in [1.54, 1.807) is 0 Å². The first-order valence-corrected chi connectivity index (χ1v) is 8.04. The summed E-state index contributed by atoms with van der Waals surface area (Å²) in [6.45, 7) is 0.509. The predicted molar refractivity (Wildman–Crippen MR) is 82.4 cm³/mol. The Kier molecular flexibility index (Phi) is 4.44. The lowest BCUT2D eigenvalue weighted by Gasteiger charge is -2.17. The normalized spacial score (nSPS) is 20.2. The summed E-state index contributed by atoms with van der Waals surface area (Å²) in [6, 6.07) is 7.59. The summed E-state index contributed by atoms with van der Waals surface area (Å²) in [5.41, 5.74) is 6.40. The van der Waals surface area contributed by atoms with Gasteiger partial charge in [-0.1, -0.05) is 6.07 Å². The standard InChI is InChI=1S/C17H24N2O2/c18-11-16(12-8-9-12)19-17(20)13-4-3-7-15(10-13)21-14-5-1-2-6-14/h3-4,7,10,12,14,16H,1-2,5-6,8-9,11,18H2,(H,19,20). The van der Waals surface area contributed by atoms with Crippen molar-refractivity contribution in [2.45, 2.75) is 50.7 Å². The quantitative estimate of drug-likeness (QED) is 0.845. The molecule has 2 aliphatic carbocycles. The highest BCUT2D eigenvalue weighted by Crippen LogP contribution is 2.32. The molecule has 0 saturated heterocycles. The van der Waals surface area contributed by atoms with Crippen molar-refractivity contribution in [1.82, 2.24) is 5.32 Å². The highest BCUT2D eigenvalue weighted by Gasteiger charge is 2.31. The molecule has 1 atom stereocenters. The number of carbonyl (C=O) groups is 1. The van der Waals surface area contributed by atoms with Crippen LogP contribution in [-0.2, 0) is 0 Å². The van der Waals surface area contributed by atoms with Gasteiger partial charge in [-0.15, -0.1) is 0 Å². The Morgan fingerprint density at radius 1 is 1.29 bits per heavy atom. The Morgan fingerprint density at radius 3 is 2.71 bits per heavy atom. The van der Waals surface area contributed by atoms with Crippen molar-refractivity contribution < 1.29 is 9.53 Å². The number of benzene rings is 1. The molecule has 0 bridgehead atoms. The second-order valence-corrected chi connectivity index (χ2v) is 6.21. The van der Waals surface area contributed by atoms with Crippen LogP contribution in [0.15, 0.2) is 24.3 Å². The first kappa shape index (κ1) is 14.4. The summed E-state index contributed by atoms with van der Waals surface area (Å²) in [5.74, 6) is 1.32. The molecule has 4 nitrogen and oxygen atoms in total. The fraction of sp³-hybridized carbons (Fsp3) is 0.588. The molecule has 2 fully saturated rings. The van der Waals surface area contributed by atoms with E-state index in [9.17, 15) is 4.79 Å². The molecule has 4 heteroatoms. The van der Waals surface area contributed by atoms with Gasteiger partial charge in [-0.3, -0.25) is 4.79 Å². The lowest BCUT2D eigenvalue weighted by molar-refractivity contribution is 0.0932. The molecular formula is C17H24N2O2. The minimum atomic E-state index is -0.0470. The molecule has 1 amide bonds. The third-order valence-corrected chi connectivity index (χ3v) is 4.46. The summed E-state index contributed by atoms with van der Waals surface area (Å²) >= 11 is 0. The Labute approximate surface area is 126 Å². The van der Waals surface area contributed by atoms with Gasteiger partial charge in [0.05, 0.1) is 6.10 Å². The summed E-state index contributed by atoms with van der Waals surface area (Å²) < 4.78 is 5.95. The van der Waals surface area contributed by atoms with Crippen LogP contribution >= 0.6 is 0 Å². The van der Waals surface area contributed by atoms with Gasteiger partial charge in [-0.05, 0) is 62.6 Å². The molecule has 0 heterocycles. The van der Waals surface area contributed by atoms with Crippen LogP contribution in [-0.4, -0.2) is 24.6 Å². The molecule has 0 spiro atoms. The van der Waals surface area contributed by atoms with Crippen molar-refractivity contribution in [3.05, 3.63) is 29.8 Å². The molecule has 0 aromatic heterocycles. The van der Waals surface area contributed by atoms with Gasteiger partial charge in [0.25, 0.3) is 5.91 Å². The van der Waals surface area contributed by atoms with Crippen molar-refractivity contribution in [2.24, 2.45) is 11.7 Å². The molecule has 114 valence electrons. The summed E-state index contributed by atoms with van der Waals surface area (Å²) in [4.78, 5) is 12.3. The maximum Gasteiger partial charge on any atom is 0.251 e. The number of rotatable bonds is 6. The van der Waals surface area contributed by atoms with Gasteiger partial charge >= 0.3 is 0 Å². The van der Waals surface area contributed by atoms with Crippen LogP contribution in [0.1, 0.15) is 48.9 Å². The van der Waals surface area contributed by atoms with E-state index in [2.05, 4.69) is 5.32 Å². The van der Waals surface area contributed by atoms with Crippen LogP contribution in [0.25, 0.3) is 0 Å². The molecule has 1 aromatic rings. The number of nitrogens with two attached hydrogens (primary N) is 1. The van der Waals surface area contributed by atoms with Gasteiger partial charge in [-0.2, -0.15) is 0 Å². The largest absolute Gasteiger partial charge is 0.490 e. The monoisotopic (exact) mass is 288 g/mol. The van der Waals surface area contributed by atoms with Crippen molar-refractivity contribution in [2.75, 3.05) is 6.54 Å². The van der Waals surface area contributed by atoms with E-state index in [1.165, 1.54) is 25.7 Å². The second kappa shape index (κ2) is 6.48. The Hall–Kier alpha value is -1.55. The second-order valence-electron chi connectivity index (χ2n) is 6.21. The van der Waals surface area contributed by atoms with E-state index in [4.69, 9.17) is 10.5 Å². The number of carbonyl (C=O) groups excluding carboxylic acids is 1. The fourth-order valence-corrected chi connectivity index (χ4v) is 3.03.